The molecule has 4 rings (SSSR count). The predicted molar refractivity (Wildman–Crippen MR) is 126 cm³/mol. The van der Waals surface area contributed by atoms with Crippen molar-refractivity contribution in [1.29, 1.82) is 0 Å². The third-order valence-electron chi connectivity index (χ3n) is 5.62. The highest BCUT2D eigenvalue weighted by Gasteiger charge is 2.40. The minimum atomic E-state index is -0.480. The summed E-state index contributed by atoms with van der Waals surface area (Å²) in [5, 5.41) is 3.16. The highest BCUT2D eigenvalue weighted by molar-refractivity contribution is 6.46. The molecule has 0 aromatic heterocycles. The fourth-order valence-corrected chi connectivity index (χ4v) is 3.62. The average Bonchev–Trinajstić information content (AvgIpc) is 3.01. The summed E-state index contributed by atoms with van der Waals surface area (Å²) in [6.45, 7) is 3.96. The molecule has 5 nitrogen and oxygen atoms in total. The molecule has 3 aromatic carbocycles. The molecule has 32 heavy (non-hydrogen) atoms. The molecule has 0 unspecified atom stereocenters. The number of aryl methyl sites for hydroxylation is 2. The Bertz CT molecular complexity index is 1230. The van der Waals surface area contributed by atoms with Gasteiger partial charge in [0.2, 0.25) is 0 Å². The Kier molecular flexibility index (Phi) is 5.53. The monoisotopic (exact) mass is 429 g/mol. The standard InChI is InChI=1S/C26H24FN3O2/c1-16-5-6-18(15-17(16)2)23-24(28-20-9-13-21(14-10-20)29(3)4)26(32)30(25(23)31)22-11-7-19(27)8-12-22/h5-15,28H,1-4H3. The summed E-state index contributed by atoms with van der Waals surface area (Å²) in [6, 6.07) is 18.6. The maximum atomic E-state index is 13.4. The van der Waals surface area contributed by atoms with Gasteiger partial charge in [0, 0.05) is 25.5 Å². The number of nitrogens with one attached hydrogen (secondary N) is 1. The summed E-state index contributed by atoms with van der Waals surface area (Å²) in [5.41, 5.74) is 5.28. The third kappa shape index (κ3) is 3.87. The molecule has 2 amide bonds. The van der Waals surface area contributed by atoms with Crippen molar-refractivity contribution in [3.63, 3.8) is 0 Å². The number of halogens is 1. The normalized spacial score (nSPS) is 13.7. The number of carbonyl (C=O) groups is 2. The van der Waals surface area contributed by atoms with Crippen LogP contribution in [0, 0.1) is 19.7 Å². The van der Waals surface area contributed by atoms with Crippen LogP contribution in [0.2, 0.25) is 0 Å². The zero-order valence-electron chi connectivity index (χ0n) is 18.4. The molecule has 6 heteroatoms. The van der Waals surface area contributed by atoms with Crippen molar-refractivity contribution in [2.45, 2.75) is 13.8 Å². The van der Waals surface area contributed by atoms with Crippen molar-refractivity contribution in [2.75, 3.05) is 29.2 Å². The van der Waals surface area contributed by atoms with E-state index in [1.54, 1.807) is 0 Å². The van der Waals surface area contributed by atoms with Crippen LogP contribution < -0.4 is 15.1 Å². The Hall–Kier alpha value is -3.93. The number of anilines is 3. The quantitative estimate of drug-likeness (QED) is 0.586. The lowest BCUT2D eigenvalue weighted by Crippen LogP contribution is -2.32. The van der Waals surface area contributed by atoms with Gasteiger partial charge in [-0.3, -0.25) is 9.59 Å². The Morgan fingerprint density at radius 3 is 2.06 bits per heavy atom. The first-order valence-electron chi connectivity index (χ1n) is 10.3. The largest absolute Gasteiger partial charge is 0.378 e. The van der Waals surface area contributed by atoms with Crippen molar-refractivity contribution in [1.82, 2.24) is 0 Å². The molecule has 1 N–H and O–H groups in total. The number of nitrogens with zero attached hydrogens (tertiary/aromatic N) is 2. The van der Waals surface area contributed by atoms with Crippen molar-refractivity contribution in [2.24, 2.45) is 0 Å². The SMILES string of the molecule is Cc1ccc(C2=C(Nc3ccc(N(C)C)cc3)C(=O)N(c3ccc(F)cc3)C2=O)cc1C. The van der Waals surface area contributed by atoms with Crippen LogP contribution in [0.5, 0.6) is 0 Å². The Balaban J connectivity index is 1.80. The van der Waals surface area contributed by atoms with Gasteiger partial charge in [-0.2, -0.15) is 0 Å². The minimum absolute atomic E-state index is 0.195. The van der Waals surface area contributed by atoms with E-state index in [1.165, 1.54) is 24.3 Å². The van der Waals surface area contributed by atoms with Crippen LogP contribution in [-0.2, 0) is 9.59 Å². The van der Waals surface area contributed by atoms with Crippen LogP contribution >= 0.6 is 0 Å². The summed E-state index contributed by atoms with van der Waals surface area (Å²) >= 11 is 0. The molecule has 0 saturated heterocycles. The summed E-state index contributed by atoms with van der Waals surface area (Å²) in [7, 11) is 3.89. The molecule has 1 aliphatic rings. The molecule has 0 radical (unpaired) electrons. The lowest BCUT2D eigenvalue weighted by atomic mass is 9.99. The average molecular weight is 429 g/mol. The minimum Gasteiger partial charge on any atom is -0.378 e. The maximum absolute atomic E-state index is 13.4. The van der Waals surface area contributed by atoms with E-state index in [1.807, 2.05) is 75.3 Å². The maximum Gasteiger partial charge on any atom is 0.282 e. The highest BCUT2D eigenvalue weighted by Crippen LogP contribution is 2.34. The van der Waals surface area contributed by atoms with Gasteiger partial charge in [0.1, 0.15) is 11.5 Å². The van der Waals surface area contributed by atoms with E-state index < -0.39 is 17.6 Å². The van der Waals surface area contributed by atoms with E-state index in [9.17, 15) is 14.0 Å². The first-order chi connectivity index (χ1) is 15.3. The smallest absolute Gasteiger partial charge is 0.282 e. The summed E-state index contributed by atoms with van der Waals surface area (Å²) in [4.78, 5) is 29.9. The second-order valence-electron chi connectivity index (χ2n) is 8.04. The van der Waals surface area contributed by atoms with E-state index in [-0.39, 0.29) is 5.70 Å². The molecular formula is C26H24FN3O2. The molecule has 0 fully saturated rings. The third-order valence-corrected chi connectivity index (χ3v) is 5.62. The van der Waals surface area contributed by atoms with Crippen molar-refractivity contribution in [3.8, 4) is 0 Å². The molecule has 0 bridgehead atoms. The predicted octanol–water partition coefficient (Wildman–Crippen LogP) is 4.91. The van der Waals surface area contributed by atoms with Gasteiger partial charge in [-0.1, -0.05) is 18.2 Å². The van der Waals surface area contributed by atoms with Gasteiger partial charge in [-0.25, -0.2) is 9.29 Å². The Morgan fingerprint density at radius 1 is 0.812 bits per heavy atom. The number of carbonyl (C=O) groups excluding carboxylic acids is 2. The van der Waals surface area contributed by atoms with Gasteiger partial charge < -0.3 is 10.2 Å². The summed E-state index contributed by atoms with van der Waals surface area (Å²) in [6.07, 6.45) is 0. The van der Waals surface area contributed by atoms with E-state index in [4.69, 9.17) is 0 Å². The van der Waals surface area contributed by atoms with Crippen molar-refractivity contribution < 1.29 is 14.0 Å². The second-order valence-corrected chi connectivity index (χ2v) is 8.04. The molecule has 1 aliphatic heterocycles. The van der Waals surface area contributed by atoms with Crippen molar-refractivity contribution in [3.05, 3.63) is 94.9 Å². The molecule has 0 atom stereocenters. The van der Waals surface area contributed by atoms with E-state index >= 15 is 0 Å². The number of rotatable bonds is 5. The second kappa shape index (κ2) is 8.30. The number of benzene rings is 3. The van der Waals surface area contributed by atoms with Crippen molar-refractivity contribution >= 4 is 34.4 Å². The first-order valence-corrected chi connectivity index (χ1v) is 10.3. The van der Waals surface area contributed by atoms with Crippen LogP contribution in [-0.4, -0.2) is 25.9 Å². The van der Waals surface area contributed by atoms with Gasteiger partial charge in [0.15, 0.2) is 0 Å². The topological polar surface area (TPSA) is 52.7 Å². The Morgan fingerprint density at radius 2 is 1.47 bits per heavy atom. The van der Waals surface area contributed by atoms with E-state index in [2.05, 4.69) is 5.32 Å². The lowest BCUT2D eigenvalue weighted by Gasteiger charge is -2.16. The van der Waals surface area contributed by atoms with Crippen LogP contribution in [0.25, 0.3) is 5.57 Å². The summed E-state index contributed by atoms with van der Waals surface area (Å²) < 4.78 is 13.4. The fraction of sp³-hybridized carbons (Fsp3) is 0.154. The molecule has 0 spiro atoms. The van der Waals surface area contributed by atoms with Crippen LogP contribution in [0.3, 0.4) is 0 Å². The van der Waals surface area contributed by atoms with Crippen LogP contribution in [0.1, 0.15) is 16.7 Å². The number of amides is 2. The van der Waals surface area contributed by atoms with Gasteiger partial charge in [0.25, 0.3) is 11.8 Å². The fourth-order valence-electron chi connectivity index (χ4n) is 3.62. The van der Waals surface area contributed by atoms with Crippen LogP contribution in [0.4, 0.5) is 21.5 Å². The Labute approximate surface area is 186 Å². The molecule has 0 saturated carbocycles. The zero-order chi connectivity index (χ0) is 23.0. The van der Waals surface area contributed by atoms with Gasteiger partial charge in [-0.05, 0) is 79.1 Å². The number of hydrogen-bond acceptors (Lipinski definition) is 4. The molecule has 0 aliphatic carbocycles. The number of imide groups is 1. The molecule has 1 heterocycles. The number of hydrogen-bond donors (Lipinski definition) is 1. The zero-order valence-corrected chi connectivity index (χ0v) is 18.4. The molecular weight excluding hydrogens is 405 g/mol. The molecule has 162 valence electrons. The van der Waals surface area contributed by atoms with E-state index in [0.29, 0.717) is 22.5 Å². The van der Waals surface area contributed by atoms with Crippen LogP contribution in [0.15, 0.2) is 72.4 Å². The van der Waals surface area contributed by atoms with E-state index in [0.717, 1.165) is 21.7 Å². The lowest BCUT2D eigenvalue weighted by molar-refractivity contribution is -0.120. The molecule has 3 aromatic rings. The van der Waals surface area contributed by atoms with Gasteiger partial charge in [0.05, 0.1) is 11.3 Å². The highest BCUT2D eigenvalue weighted by atomic mass is 19.1. The van der Waals surface area contributed by atoms with Gasteiger partial charge >= 0.3 is 0 Å². The summed E-state index contributed by atoms with van der Waals surface area (Å²) in [5.74, 6) is -1.36. The van der Waals surface area contributed by atoms with Gasteiger partial charge in [-0.15, -0.1) is 0 Å². The first kappa shape index (κ1) is 21.3.